The first-order valence-corrected chi connectivity index (χ1v) is 9.12. The molecule has 0 aliphatic rings. The fourth-order valence-electron chi connectivity index (χ4n) is 2.51. The Morgan fingerprint density at radius 1 is 1.14 bits per heavy atom. The number of carbonyl (C=O) groups excluding carboxylic acids is 1. The minimum absolute atomic E-state index is 0. The van der Waals surface area contributed by atoms with Gasteiger partial charge in [-0.2, -0.15) is 0 Å². The molecule has 0 aromatic heterocycles. The Balaban J connectivity index is 0.00000392. The predicted octanol–water partition coefficient (Wildman–Crippen LogP) is 3.98. The molecule has 0 fully saturated rings. The molecular weight excluding hydrogens is 467 g/mol. The summed E-state index contributed by atoms with van der Waals surface area (Å²) in [6.07, 6.45) is 1.11. The molecule has 0 saturated carbocycles. The van der Waals surface area contributed by atoms with Gasteiger partial charge in [-0.3, -0.25) is 9.79 Å². The van der Waals surface area contributed by atoms with Gasteiger partial charge in [0.1, 0.15) is 5.75 Å². The average Bonchev–Trinajstić information content (AvgIpc) is 2.71. The van der Waals surface area contributed by atoms with Crippen LogP contribution in [0.4, 0.5) is 5.69 Å². The zero-order valence-corrected chi connectivity index (χ0v) is 18.9. The van der Waals surface area contributed by atoms with Crippen LogP contribution < -0.4 is 21.1 Å². The van der Waals surface area contributed by atoms with E-state index in [1.54, 1.807) is 31.4 Å². The quantitative estimate of drug-likeness (QED) is 0.223. The second-order valence-electron chi connectivity index (χ2n) is 6.31. The first-order chi connectivity index (χ1) is 13.0. The van der Waals surface area contributed by atoms with Crippen molar-refractivity contribution in [3.05, 3.63) is 59.7 Å². The Morgan fingerprint density at radius 2 is 1.79 bits per heavy atom. The van der Waals surface area contributed by atoms with Crippen LogP contribution >= 0.6 is 24.0 Å². The topological polar surface area (TPSA) is 88.7 Å². The van der Waals surface area contributed by atoms with Crippen molar-refractivity contribution in [1.82, 2.24) is 5.32 Å². The normalized spacial score (nSPS) is 11.9. The largest absolute Gasteiger partial charge is 0.497 e. The van der Waals surface area contributed by atoms with Gasteiger partial charge in [-0.05, 0) is 54.3 Å². The first-order valence-electron chi connectivity index (χ1n) is 9.12. The Morgan fingerprint density at radius 3 is 2.36 bits per heavy atom. The molecule has 0 spiro atoms. The van der Waals surface area contributed by atoms with Crippen LogP contribution in [-0.2, 0) is 0 Å². The molecule has 2 aromatic carbocycles. The molecule has 2 rings (SSSR count). The average molecular weight is 496 g/mol. The van der Waals surface area contributed by atoms with Gasteiger partial charge in [0, 0.05) is 17.8 Å². The van der Waals surface area contributed by atoms with E-state index in [2.05, 4.69) is 41.6 Å². The van der Waals surface area contributed by atoms with E-state index in [0.29, 0.717) is 36.3 Å². The number of carbonyl (C=O) groups is 1. The van der Waals surface area contributed by atoms with Crippen molar-refractivity contribution in [3.8, 4) is 5.75 Å². The molecule has 0 heterocycles. The molecule has 0 aliphatic heterocycles. The Hall–Kier alpha value is -2.29. The number of amides is 1. The molecule has 1 amide bonds. The third-order valence-electron chi connectivity index (χ3n) is 4.40. The summed E-state index contributed by atoms with van der Waals surface area (Å²) in [7, 11) is 1.59. The van der Waals surface area contributed by atoms with E-state index in [1.807, 2.05) is 12.1 Å². The lowest BCUT2D eigenvalue weighted by molar-refractivity contribution is 0.0955. The van der Waals surface area contributed by atoms with Crippen LogP contribution in [-0.4, -0.2) is 32.1 Å². The van der Waals surface area contributed by atoms with Gasteiger partial charge >= 0.3 is 0 Å². The minimum atomic E-state index is -0.153. The van der Waals surface area contributed by atoms with Crippen LogP contribution in [0.3, 0.4) is 0 Å². The smallest absolute Gasteiger partial charge is 0.251 e. The van der Waals surface area contributed by atoms with Crippen molar-refractivity contribution in [2.24, 2.45) is 10.7 Å². The predicted molar refractivity (Wildman–Crippen MR) is 126 cm³/mol. The van der Waals surface area contributed by atoms with Crippen LogP contribution in [0.2, 0.25) is 0 Å². The minimum Gasteiger partial charge on any atom is -0.497 e. The molecule has 6 nitrogen and oxygen atoms in total. The molecule has 1 atom stereocenters. The van der Waals surface area contributed by atoms with E-state index in [-0.39, 0.29) is 29.9 Å². The highest BCUT2D eigenvalue weighted by Crippen LogP contribution is 2.20. The molecule has 7 heteroatoms. The van der Waals surface area contributed by atoms with Crippen LogP contribution in [0.5, 0.6) is 5.75 Å². The monoisotopic (exact) mass is 496 g/mol. The molecule has 2 aromatic rings. The second kappa shape index (κ2) is 12.2. The van der Waals surface area contributed by atoms with Gasteiger partial charge in [0.05, 0.1) is 13.7 Å². The standard InChI is InChI=1S/C21H28N4O2.HI/c1-4-15(2)16-5-9-18(10-6-16)25-21(22)24-14-13-23-20(26)17-7-11-19(27-3)12-8-17;/h5-12,15H,4,13-14H2,1-3H3,(H,23,26)(H3,22,24,25);1H. The van der Waals surface area contributed by atoms with Crippen LogP contribution in [0.15, 0.2) is 53.5 Å². The van der Waals surface area contributed by atoms with E-state index >= 15 is 0 Å². The Labute approximate surface area is 184 Å². The molecule has 152 valence electrons. The lowest BCUT2D eigenvalue weighted by Gasteiger charge is -2.11. The Bertz CT molecular complexity index is 761. The lowest BCUT2D eigenvalue weighted by Crippen LogP contribution is -2.28. The summed E-state index contributed by atoms with van der Waals surface area (Å²) < 4.78 is 5.08. The number of ether oxygens (including phenoxy) is 1. The number of methoxy groups -OCH3 is 1. The lowest BCUT2D eigenvalue weighted by atomic mass is 9.99. The van der Waals surface area contributed by atoms with Crippen LogP contribution in [0.1, 0.15) is 42.1 Å². The van der Waals surface area contributed by atoms with Crippen molar-refractivity contribution >= 4 is 41.5 Å². The number of rotatable bonds is 8. The highest BCUT2D eigenvalue weighted by Gasteiger charge is 2.05. The van der Waals surface area contributed by atoms with Crippen molar-refractivity contribution in [2.75, 3.05) is 25.5 Å². The van der Waals surface area contributed by atoms with Crippen molar-refractivity contribution < 1.29 is 9.53 Å². The number of nitrogens with zero attached hydrogens (tertiary/aromatic N) is 1. The number of aliphatic imine (C=N–C) groups is 1. The third kappa shape index (κ3) is 7.38. The van der Waals surface area contributed by atoms with Gasteiger partial charge < -0.3 is 21.1 Å². The summed E-state index contributed by atoms with van der Waals surface area (Å²) >= 11 is 0. The molecule has 0 bridgehead atoms. The molecule has 0 aliphatic carbocycles. The summed E-state index contributed by atoms with van der Waals surface area (Å²) in [6.45, 7) is 5.18. The van der Waals surface area contributed by atoms with Gasteiger partial charge in [0.15, 0.2) is 5.96 Å². The van der Waals surface area contributed by atoms with Gasteiger partial charge in [0.2, 0.25) is 0 Å². The van der Waals surface area contributed by atoms with Crippen molar-refractivity contribution in [3.63, 3.8) is 0 Å². The SMILES string of the molecule is CCC(C)c1ccc(NC(N)=NCCNC(=O)c2ccc(OC)cc2)cc1.I. The van der Waals surface area contributed by atoms with Gasteiger partial charge in [-0.15, -0.1) is 24.0 Å². The van der Waals surface area contributed by atoms with E-state index in [1.165, 1.54) is 5.56 Å². The summed E-state index contributed by atoms with van der Waals surface area (Å²) in [4.78, 5) is 16.3. The summed E-state index contributed by atoms with van der Waals surface area (Å²) in [6, 6.07) is 15.1. The summed E-state index contributed by atoms with van der Waals surface area (Å²) in [5.41, 5.74) is 8.68. The van der Waals surface area contributed by atoms with Gasteiger partial charge in [-0.1, -0.05) is 26.0 Å². The van der Waals surface area contributed by atoms with E-state index in [0.717, 1.165) is 12.1 Å². The molecule has 1 unspecified atom stereocenters. The van der Waals surface area contributed by atoms with E-state index in [9.17, 15) is 4.79 Å². The van der Waals surface area contributed by atoms with Crippen molar-refractivity contribution in [2.45, 2.75) is 26.2 Å². The van der Waals surface area contributed by atoms with Crippen LogP contribution in [0, 0.1) is 0 Å². The maximum absolute atomic E-state index is 12.0. The number of anilines is 1. The molecule has 4 N–H and O–H groups in total. The first kappa shape index (κ1) is 23.7. The molecule has 0 radical (unpaired) electrons. The zero-order valence-electron chi connectivity index (χ0n) is 16.6. The van der Waals surface area contributed by atoms with Crippen LogP contribution in [0.25, 0.3) is 0 Å². The van der Waals surface area contributed by atoms with Gasteiger partial charge in [-0.25, -0.2) is 0 Å². The number of benzene rings is 2. The summed E-state index contributed by atoms with van der Waals surface area (Å²) in [5.74, 6) is 1.43. The molecule has 0 saturated heterocycles. The number of hydrogen-bond acceptors (Lipinski definition) is 3. The summed E-state index contributed by atoms with van der Waals surface area (Å²) in [5, 5.41) is 5.87. The number of nitrogens with two attached hydrogens (primary N) is 1. The van der Waals surface area contributed by atoms with E-state index < -0.39 is 0 Å². The number of nitrogens with one attached hydrogen (secondary N) is 2. The van der Waals surface area contributed by atoms with E-state index in [4.69, 9.17) is 10.5 Å². The maximum Gasteiger partial charge on any atom is 0.251 e. The number of guanidine groups is 1. The Kier molecular flexibility index (Phi) is 10.4. The fourth-order valence-corrected chi connectivity index (χ4v) is 2.51. The zero-order chi connectivity index (χ0) is 19.6. The van der Waals surface area contributed by atoms with Gasteiger partial charge in [0.25, 0.3) is 5.91 Å². The molecular formula is C21H29IN4O2. The number of halogens is 1. The highest BCUT2D eigenvalue weighted by molar-refractivity contribution is 14.0. The maximum atomic E-state index is 12.0. The van der Waals surface area contributed by atoms with Crippen molar-refractivity contribution in [1.29, 1.82) is 0 Å². The highest BCUT2D eigenvalue weighted by atomic mass is 127. The third-order valence-corrected chi connectivity index (χ3v) is 4.40. The molecule has 28 heavy (non-hydrogen) atoms. The fraction of sp³-hybridized carbons (Fsp3) is 0.333. The number of hydrogen-bond donors (Lipinski definition) is 3. The second-order valence-corrected chi connectivity index (χ2v) is 6.31.